The molecule has 1 aliphatic heterocycles. The number of anilines is 1. The minimum Gasteiger partial charge on any atom is -0.496 e. The molecule has 2 aromatic heterocycles. The summed E-state index contributed by atoms with van der Waals surface area (Å²) in [7, 11) is 1.64. The van der Waals surface area contributed by atoms with E-state index < -0.39 is 0 Å². The Morgan fingerprint density at radius 2 is 2.06 bits per heavy atom. The highest BCUT2D eigenvalue weighted by molar-refractivity contribution is 7.98. The largest absolute Gasteiger partial charge is 0.496 e. The third kappa shape index (κ3) is 4.05. The van der Waals surface area contributed by atoms with Gasteiger partial charge in [0.1, 0.15) is 10.8 Å². The van der Waals surface area contributed by atoms with E-state index in [2.05, 4.69) is 35.4 Å². The average molecular weight is 449 g/mol. The fraction of sp³-hybridized carbons (Fsp3) is 0.440. The highest BCUT2D eigenvalue weighted by Gasteiger charge is 2.30. The van der Waals surface area contributed by atoms with Crippen LogP contribution in [0.2, 0.25) is 0 Å². The second-order valence-electron chi connectivity index (χ2n) is 8.67. The van der Waals surface area contributed by atoms with Gasteiger partial charge in [0.25, 0.3) is 0 Å². The van der Waals surface area contributed by atoms with Gasteiger partial charge in [0.05, 0.1) is 42.2 Å². The predicted octanol–water partition coefficient (Wildman–Crippen LogP) is 4.86. The van der Waals surface area contributed by atoms with Gasteiger partial charge in [0.15, 0.2) is 0 Å². The molecule has 0 amide bonds. The number of methoxy groups -OCH3 is 1. The number of rotatable bonds is 8. The number of hydrogen-bond donors (Lipinski definition) is 0. The normalized spacial score (nSPS) is 18.1. The van der Waals surface area contributed by atoms with Gasteiger partial charge in [-0.3, -0.25) is 0 Å². The standard InChI is InChI=1S/C25H28N4O2S/c1-30-23-12-18(13-26)8-9-20(23)21-4-3-5-22-24(25(32-2)27-29(21)22)28(14-17-6-7-17)15-19-10-11-31-16-19/h3-5,8-9,12,17,19H,6-7,10-11,14-16H2,1-2H3. The van der Waals surface area contributed by atoms with Gasteiger partial charge in [0.2, 0.25) is 0 Å². The molecule has 6 nitrogen and oxygen atoms in total. The molecule has 1 atom stereocenters. The van der Waals surface area contributed by atoms with E-state index in [4.69, 9.17) is 14.6 Å². The van der Waals surface area contributed by atoms with Gasteiger partial charge < -0.3 is 14.4 Å². The van der Waals surface area contributed by atoms with Gasteiger partial charge in [-0.25, -0.2) is 4.52 Å². The lowest BCUT2D eigenvalue weighted by atomic mass is 10.1. The minimum absolute atomic E-state index is 0.570. The highest BCUT2D eigenvalue weighted by atomic mass is 32.2. The van der Waals surface area contributed by atoms with E-state index in [0.717, 1.165) is 60.4 Å². The smallest absolute Gasteiger partial charge is 0.142 e. The molecule has 0 radical (unpaired) electrons. The quantitative estimate of drug-likeness (QED) is 0.459. The number of fused-ring (bicyclic) bond motifs is 1. The van der Waals surface area contributed by atoms with E-state index in [0.29, 0.717) is 17.2 Å². The Morgan fingerprint density at radius 1 is 1.22 bits per heavy atom. The molecular weight excluding hydrogens is 420 g/mol. The van der Waals surface area contributed by atoms with Crippen LogP contribution in [0.25, 0.3) is 16.8 Å². The number of ether oxygens (including phenoxy) is 2. The van der Waals surface area contributed by atoms with Crippen LogP contribution in [0.5, 0.6) is 5.75 Å². The second-order valence-corrected chi connectivity index (χ2v) is 9.47. The lowest BCUT2D eigenvalue weighted by Gasteiger charge is -2.27. The number of hydrogen-bond acceptors (Lipinski definition) is 6. The Kier molecular flexibility index (Phi) is 5.99. The van der Waals surface area contributed by atoms with Crippen molar-refractivity contribution in [2.45, 2.75) is 24.3 Å². The van der Waals surface area contributed by atoms with Gasteiger partial charge in [-0.15, -0.1) is 11.8 Å². The van der Waals surface area contributed by atoms with Crippen molar-refractivity contribution in [3.05, 3.63) is 42.0 Å². The highest BCUT2D eigenvalue weighted by Crippen LogP contribution is 2.40. The van der Waals surface area contributed by atoms with Crippen molar-refractivity contribution >= 4 is 23.0 Å². The van der Waals surface area contributed by atoms with Crippen molar-refractivity contribution in [3.8, 4) is 23.1 Å². The number of nitrogens with zero attached hydrogens (tertiary/aromatic N) is 4. The molecule has 1 saturated carbocycles. The zero-order valence-corrected chi connectivity index (χ0v) is 19.4. The van der Waals surface area contributed by atoms with Crippen molar-refractivity contribution in [1.82, 2.24) is 9.61 Å². The topological polar surface area (TPSA) is 62.8 Å². The maximum Gasteiger partial charge on any atom is 0.142 e. The van der Waals surface area contributed by atoms with Crippen molar-refractivity contribution < 1.29 is 9.47 Å². The fourth-order valence-electron chi connectivity index (χ4n) is 4.56. The van der Waals surface area contributed by atoms with Crippen molar-refractivity contribution in [1.29, 1.82) is 5.26 Å². The van der Waals surface area contributed by atoms with E-state index in [1.165, 1.54) is 18.5 Å². The predicted molar refractivity (Wildman–Crippen MR) is 128 cm³/mol. The SMILES string of the molecule is COc1cc(C#N)ccc1-c1cccc2c(N(CC3CC3)CC3CCOC3)c(SC)nn12. The Labute approximate surface area is 193 Å². The molecule has 2 aliphatic rings. The molecule has 2 fully saturated rings. The Bertz CT molecular complexity index is 1160. The first kappa shape index (κ1) is 21.2. The molecule has 5 rings (SSSR count). The molecule has 32 heavy (non-hydrogen) atoms. The third-order valence-corrected chi connectivity index (χ3v) is 7.06. The summed E-state index contributed by atoms with van der Waals surface area (Å²) in [5.74, 6) is 2.03. The maximum atomic E-state index is 9.28. The molecular formula is C25H28N4O2S. The van der Waals surface area contributed by atoms with Gasteiger partial charge in [-0.05, 0) is 61.8 Å². The number of pyridine rings is 1. The van der Waals surface area contributed by atoms with Crippen LogP contribution in [-0.2, 0) is 4.74 Å². The van der Waals surface area contributed by atoms with Crippen LogP contribution < -0.4 is 9.64 Å². The van der Waals surface area contributed by atoms with Gasteiger partial charge in [0, 0.05) is 31.2 Å². The zero-order valence-electron chi connectivity index (χ0n) is 18.6. The van der Waals surface area contributed by atoms with Crippen molar-refractivity contribution in [2.24, 2.45) is 11.8 Å². The van der Waals surface area contributed by atoms with Crippen LogP contribution in [0.4, 0.5) is 5.69 Å². The molecule has 1 aliphatic carbocycles. The van der Waals surface area contributed by atoms with E-state index in [-0.39, 0.29) is 0 Å². The van der Waals surface area contributed by atoms with Crippen LogP contribution in [0.15, 0.2) is 41.4 Å². The maximum absolute atomic E-state index is 9.28. The Hall–Kier alpha value is -2.69. The molecule has 1 unspecified atom stereocenters. The summed E-state index contributed by atoms with van der Waals surface area (Å²) in [6, 6.07) is 14.1. The van der Waals surface area contributed by atoms with Crippen LogP contribution in [0.1, 0.15) is 24.8 Å². The summed E-state index contributed by atoms with van der Waals surface area (Å²) < 4.78 is 13.3. The van der Waals surface area contributed by atoms with Crippen LogP contribution in [0, 0.1) is 23.2 Å². The van der Waals surface area contributed by atoms with E-state index in [9.17, 15) is 5.26 Å². The van der Waals surface area contributed by atoms with E-state index in [1.54, 1.807) is 24.9 Å². The third-order valence-electron chi connectivity index (χ3n) is 6.39. The lowest BCUT2D eigenvalue weighted by Crippen LogP contribution is -2.32. The Morgan fingerprint density at radius 3 is 2.75 bits per heavy atom. The molecule has 0 bridgehead atoms. The number of nitriles is 1. The summed E-state index contributed by atoms with van der Waals surface area (Å²) in [5, 5.41) is 15.4. The van der Waals surface area contributed by atoms with E-state index in [1.807, 2.05) is 16.6 Å². The molecule has 166 valence electrons. The van der Waals surface area contributed by atoms with Gasteiger partial charge >= 0.3 is 0 Å². The zero-order chi connectivity index (χ0) is 22.1. The summed E-state index contributed by atoms with van der Waals surface area (Å²) >= 11 is 1.70. The molecule has 3 heterocycles. The molecule has 1 aromatic carbocycles. The number of benzene rings is 1. The number of thioether (sulfide) groups is 1. The molecule has 0 spiro atoms. The summed E-state index contributed by atoms with van der Waals surface area (Å²) in [6.07, 6.45) is 5.86. The molecule has 7 heteroatoms. The first-order valence-corrected chi connectivity index (χ1v) is 12.4. The van der Waals surface area contributed by atoms with Crippen molar-refractivity contribution in [3.63, 3.8) is 0 Å². The summed E-state index contributed by atoms with van der Waals surface area (Å²) in [4.78, 5) is 2.56. The molecule has 0 N–H and O–H groups in total. The van der Waals surface area contributed by atoms with Crippen LogP contribution in [-0.4, -0.2) is 49.3 Å². The monoisotopic (exact) mass is 448 g/mol. The first-order chi connectivity index (χ1) is 15.7. The van der Waals surface area contributed by atoms with Crippen LogP contribution in [0.3, 0.4) is 0 Å². The Balaban J connectivity index is 1.62. The van der Waals surface area contributed by atoms with Crippen LogP contribution >= 0.6 is 11.8 Å². The van der Waals surface area contributed by atoms with Crippen molar-refractivity contribution in [2.75, 3.05) is 44.6 Å². The average Bonchev–Trinajstić information content (AvgIpc) is 3.34. The summed E-state index contributed by atoms with van der Waals surface area (Å²) in [6.45, 7) is 3.81. The van der Waals surface area contributed by atoms with Gasteiger partial charge in [-0.1, -0.05) is 6.07 Å². The lowest BCUT2D eigenvalue weighted by molar-refractivity contribution is 0.186. The molecule has 3 aromatic rings. The second kappa shape index (κ2) is 9.05. The number of aromatic nitrogens is 2. The summed E-state index contributed by atoms with van der Waals surface area (Å²) in [5.41, 5.74) is 4.81. The fourth-order valence-corrected chi connectivity index (χ4v) is 5.15. The van der Waals surface area contributed by atoms with E-state index >= 15 is 0 Å². The molecule has 1 saturated heterocycles. The van der Waals surface area contributed by atoms with Gasteiger partial charge in [-0.2, -0.15) is 10.4 Å². The first-order valence-electron chi connectivity index (χ1n) is 11.2. The minimum atomic E-state index is 0.570.